The first-order valence-corrected chi connectivity index (χ1v) is 11.8. The molecule has 1 saturated carbocycles. The summed E-state index contributed by atoms with van der Waals surface area (Å²) in [6.07, 6.45) is 9.62. The number of rotatable bonds is 4. The van der Waals surface area contributed by atoms with Crippen molar-refractivity contribution in [3.05, 3.63) is 28.5 Å². The summed E-state index contributed by atoms with van der Waals surface area (Å²) in [5.74, 6) is 0. The smallest absolute Gasteiger partial charge is 0.153 e. The molecule has 124 valence electrons. The molecular formula is C16H19BrIN3OS. The fourth-order valence-corrected chi connectivity index (χ4v) is 5.13. The van der Waals surface area contributed by atoms with Gasteiger partial charge in [0, 0.05) is 47.9 Å². The average molecular weight is 508 g/mol. The van der Waals surface area contributed by atoms with Crippen LogP contribution in [0, 0.1) is 0 Å². The molecule has 2 heterocycles. The van der Waals surface area contributed by atoms with Crippen LogP contribution in [0.1, 0.15) is 38.3 Å². The lowest BCUT2D eigenvalue weighted by Crippen LogP contribution is -2.28. The number of hydrogen-bond acceptors (Lipinski definition) is 4. The second kappa shape index (κ2) is 7.76. The van der Waals surface area contributed by atoms with Crippen LogP contribution in [0.15, 0.2) is 22.8 Å². The van der Waals surface area contributed by atoms with Crippen LogP contribution in [-0.2, 0) is 0 Å². The highest BCUT2D eigenvalue weighted by Crippen LogP contribution is 2.37. The molecule has 0 spiro atoms. The van der Waals surface area contributed by atoms with Crippen molar-refractivity contribution in [3.63, 3.8) is 0 Å². The summed E-state index contributed by atoms with van der Waals surface area (Å²) >= 11 is 5.93. The van der Waals surface area contributed by atoms with E-state index in [1.807, 2.05) is 19.2 Å². The Bertz CT molecular complexity index is 726. The third-order valence-corrected chi connectivity index (χ3v) is 6.52. The zero-order chi connectivity index (χ0) is 16.4. The number of allylic oxidation sites excluding steroid dienone is 1. The Morgan fingerprint density at radius 2 is 2.17 bits per heavy atom. The number of hydrogen-bond donors (Lipinski definition) is 2. The molecule has 2 aromatic rings. The molecule has 1 aliphatic rings. The first-order chi connectivity index (χ1) is 11.1. The van der Waals surface area contributed by atoms with Crippen molar-refractivity contribution in [1.29, 1.82) is 0 Å². The molecule has 1 aliphatic carbocycles. The third kappa shape index (κ3) is 3.72. The van der Waals surface area contributed by atoms with Gasteiger partial charge < -0.3 is 10.4 Å². The van der Waals surface area contributed by atoms with E-state index in [0.717, 1.165) is 52.6 Å². The Morgan fingerprint density at radius 3 is 2.83 bits per heavy atom. The van der Waals surface area contributed by atoms with Gasteiger partial charge in [0.25, 0.3) is 0 Å². The summed E-state index contributed by atoms with van der Waals surface area (Å²) in [4.78, 5) is 4.60. The molecule has 0 aliphatic heterocycles. The van der Waals surface area contributed by atoms with Crippen LogP contribution in [0.25, 0.3) is 17.1 Å². The molecule has 1 fully saturated rings. The number of halogens is 2. The van der Waals surface area contributed by atoms with Gasteiger partial charge in [-0.1, -0.05) is 6.08 Å². The van der Waals surface area contributed by atoms with Gasteiger partial charge >= 0.3 is 0 Å². The second-order valence-corrected chi connectivity index (χ2v) is 8.34. The quantitative estimate of drug-likeness (QED) is 0.544. The van der Waals surface area contributed by atoms with Gasteiger partial charge in [0.05, 0.1) is 22.0 Å². The van der Waals surface area contributed by atoms with Crippen molar-refractivity contribution in [2.75, 3.05) is 5.32 Å². The molecule has 0 saturated heterocycles. The lowest BCUT2D eigenvalue weighted by atomic mass is 9.93. The van der Waals surface area contributed by atoms with Crippen LogP contribution in [0.3, 0.4) is 0 Å². The molecule has 0 amide bonds. The minimum Gasteiger partial charge on any atom is -0.393 e. The van der Waals surface area contributed by atoms with Gasteiger partial charge in [-0.25, -0.2) is 4.98 Å². The molecule has 23 heavy (non-hydrogen) atoms. The number of nitrogens with one attached hydrogen (secondary N) is 1. The average Bonchev–Trinajstić information content (AvgIpc) is 2.90. The highest BCUT2D eigenvalue weighted by atomic mass is 127. The number of aliphatic hydroxyl groups is 1. The third-order valence-electron chi connectivity index (χ3n) is 4.22. The maximum Gasteiger partial charge on any atom is 0.153 e. The number of aromatic nitrogens is 2. The van der Waals surface area contributed by atoms with Gasteiger partial charge in [0.2, 0.25) is 0 Å². The van der Waals surface area contributed by atoms with Crippen LogP contribution in [0.5, 0.6) is 0 Å². The minimum absolute atomic E-state index is 0.133. The van der Waals surface area contributed by atoms with E-state index in [0.29, 0.717) is 6.04 Å². The Kier molecular flexibility index (Phi) is 5.92. The molecule has 2 N–H and O–H groups in total. The number of aliphatic hydroxyl groups excluding tert-OH is 1. The summed E-state index contributed by atoms with van der Waals surface area (Å²) in [6, 6.07) is 2.58. The summed E-state index contributed by atoms with van der Waals surface area (Å²) in [6.45, 7) is 2.02. The molecular weight excluding hydrogens is 489 g/mol. The van der Waals surface area contributed by atoms with Crippen molar-refractivity contribution in [2.24, 2.45) is 0 Å². The predicted molar refractivity (Wildman–Crippen MR) is 111 cm³/mol. The molecule has 0 bridgehead atoms. The highest BCUT2D eigenvalue weighted by Gasteiger charge is 2.22. The van der Waals surface area contributed by atoms with E-state index in [-0.39, 0.29) is 6.10 Å². The molecule has 7 heteroatoms. The van der Waals surface area contributed by atoms with E-state index in [9.17, 15) is 5.11 Å². The number of anilines is 1. The second-order valence-electron chi connectivity index (χ2n) is 5.80. The standard InChI is InChI=1S/C16H19BrIN3OS/c1-2-3-11-8-13-15(20-10-4-6-12(22)7-5-10)14(17)9-19-16(13)21(11)23-18/h2-3,8-10,12,22H,4-7H2,1H3,(H,19,20)/b3-2+. The summed E-state index contributed by atoms with van der Waals surface area (Å²) < 4.78 is 3.12. The van der Waals surface area contributed by atoms with E-state index in [2.05, 4.69) is 63.6 Å². The number of pyridine rings is 1. The van der Waals surface area contributed by atoms with Gasteiger partial charge in [-0.3, -0.25) is 3.97 Å². The van der Waals surface area contributed by atoms with Crippen molar-refractivity contribution >= 4 is 69.1 Å². The van der Waals surface area contributed by atoms with Crippen molar-refractivity contribution < 1.29 is 5.11 Å². The first-order valence-electron chi connectivity index (χ1n) is 7.70. The van der Waals surface area contributed by atoms with Crippen LogP contribution >= 0.6 is 46.3 Å². The van der Waals surface area contributed by atoms with E-state index in [1.54, 1.807) is 9.12 Å². The molecule has 0 radical (unpaired) electrons. The van der Waals surface area contributed by atoms with Gasteiger partial charge in [-0.05, 0) is 60.7 Å². The maximum absolute atomic E-state index is 9.69. The van der Waals surface area contributed by atoms with Gasteiger partial charge in [-0.2, -0.15) is 0 Å². The van der Waals surface area contributed by atoms with Crippen LogP contribution < -0.4 is 5.32 Å². The molecule has 0 aromatic carbocycles. The molecule has 2 aromatic heterocycles. The van der Waals surface area contributed by atoms with Crippen LogP contribution in [-0.4, -0.2) is 26.2 Å². The largest absolute Gasteiger partial charge is 0.393 e. The van der Waals surface area contributed by atoms with Gasteiger partial charge in [0.1, 0.15) is 0 Å². The molecule has 3 rings (SSSR count). The maximum atomic E-state index is 9.69. The van der Waals surface area contributed by atoms with Gasteiger partial charge in [0.15, 0.2) is 5.65 Å². The van der Waals surface area contributed by atoms with Crippen LogP contribution in [0.4, 0.5) is 5.69 Å². The molecule has 0 unspecified atom stereocenters. The van der Waals surface area contributed by atoms with Crippen LogP contribution in [0.2, 0.25) is 0 Å². The lowest BCUT2D eigenvalue weighted by molar-refractivity contribution is 0.126. The lowest BCUT2D eigenvalue weighted by Gasteiger charge is -2.27. The Balaban J connectivity index is 2.00. The topological polar surface area (TPSA) is 50.1 Å². The van der Waals surface area contributed by atoms with Crippen molar-refractivity contribution in [1.82, 2.24) is 8.96 Å². The number of nitrogens with zero attached hydrogens (tertiary/aromatic N) is 2. The van der Waals surface area contributed by atoms with E-state index >= 15 is 0 Å². The predicted octanol–water partition coefficient (Wildman–Crippen LogP) is 5.39. The first kappa shape index (κ1) is 17.6. The summed E-state index contributed by atoms with van der Waals surface area (Å²) in [5, 5.41) is 14.5. The Hall–Kier alpha value is -0.250. The highest BCUT2D eigenvalue weighted by molar-refractivity contribution is 14.2. The van der Waals surface area contributed by atoms with Gasteiger partial charge in [-0.15, -0.1) is 0 Å². The Morgan fingerprint density at radius 1 is 1.43 bits per heavy atom. The molecule has 4 nitrogen and oxygen atoms in total. The van der Waals surface area contributed by atoms with E-state index < -0.39 is 0 Å². The summed E-state index contributed by atoms with van der Waals surface area (Å²) in [5.41, 5.74) is 3.21. The van der Waals surface area contributed by atoms with E-state index in [1.165, 1.54) is 0 Å². The normalized spacial score (nSPS) is 22.1. The van der Waals surface area contributed by atoms with Crippen molar-refractivity contribution in [2.45, 2.75) is 44.8 Å². The Labute approximate surface area is 161 Å². The fraction of sp³-hybridized carbons (Fsp3) is 0.438. The van der Waals surface area contributed by atoms with Crippen molar-refractivity contribution in [3.8, 4) is 0 Å². The zero-order valence-electron chi connectivity index (χ0n) is 12.8. The monoisotopic (exact) mass is 507 g/mol. The summed E-state index contributed by atoms with van der Waals surface area (Å²) in [7, 11) is 1.63. The number of fused-ring (bicyclic) bond motifs is 1. The minimum atomic E-state index is -0.133. The van der Waals surface area contributed by atoms with E-state index in [4.69, 9.17) is 0 Å². The molecule has 0 atom stereocenters. The SMILES string of the molecule is C/C=C/c1cc2c(NC3CCC(O)CC3)c(Br)cnc2n1SI. The zero-order valence-corrected chi connectivity index (χ0v) is 17.4. The fourth-order valence-electron chi connectivity index (χ4n) is 3.05.